The number of benzene rings is 2. The van der Waals surface area contributed by atoms with E-state index in [-0.39, 0.29) is 35.4 Å². The fourth-order valence-corrected chi connectivity index (χ4v) is 3.18. The van der Waals surface area contributed by atoms with E-state index < -0.39 is 11.9 Å². The highest BCUT2D eigenvalue weighted by molar-refractivity contribution is 5.99. The fraction of sp³-hybridized carbons (Fsp3) is 0.318. The maximum absolute atomic E-state index is 12.5. The number of hydrogen-bond acceptors (Lipinski definition) is 8. The van der Waals surface area contributed by atoms with E-state index in [1.54, 1.807) is 11.9 Å². The Labute approximate surface area is 179 Å². The monoisotopic (exact) mass is 428 g/mol. The number of fused-ring (bicyclic) bond motifs is 1. The summed E-state index contributed by atoms with van der Waals surface area (Å²) < 4.78 is 21.0. The van der Waals surface area contributed by atoms with Crippen LogP contribution in [-0.4, -0.2) is 69.8 Å². The van der Waals surface area contributed by atoms with Crippen molar-refractivity contribution in [3.63, 3.8) is 0 Å². The molecule has 0 saturated heterocycles. The minimum atomic E-state index is -0.631. The summed E-state index contributed by atoms with van der Waals surface area (Å²) in [6, 6.07) is 11.6. The smallest absolute Gasteiger partial charge is 0.337 e. The van der Waals surface area contributed by atoms with Crippen molar-refractivity contribution in [1.82, 2.24) is 4.90 Å². The molecule has 2 aromatic carbocycles. The standard InChI is InChI=1S/C22H24N2O7/c1-24(11-17-13-30-18-6-4-5-7-19(18)31-17)12-20(25)23-16-9-14(21(26)28-2)8-15(10-16)22(27)29-3/h4-10,17H,11-13H2,1-3H3,(H,23,25). The van der Waals surface area contributed by atoms with Gasteiger partial charge in [0.1, 0.15) is 12.7 Å². The number of amides is 1. The summed E-state index contributed by atoms with van der Waals surface area (Å²) in [5, 5.41) is 2.70. The lowest BCUT2D eigenvalue weighted by molar-refractivity contribution is -0.117. The van der Waals surface area contributed by atoms with Crippen molar-refractivity contribution in [2.45, 2.75) is 6.10 Å². The molecule has 0 spiro atoms. The molecule has 0 fully saturated rings. The molecule has 1 atom stereocenters. The first-order chi connectivity index (χ1) is 14.9. The van der Waals surface area contributed by atoms with Gasteiger partial charge in [-0.15, -0.1) is 0 Å². The van der Waals surface area contributed by atoms with Gasteiger partial charge in [-0.2, -0.15) is 0 Å². The Hall–Kier alpha value is -3.59. The average Bonchev–Trinajstić information content (AvgIpc) is 2.77. The Morgan fingerprint density at radius 3 is 2.26 bits per heavy atom. The molecule has 1 N–H and O–H groups in total. The topological polar surface area (TPSA) is 103 Å². The number of para-hydroxylation sites is 2. The van der Waals surface area contributed by atoms with E-state index in [2.05, 4.69) is 5.32 Å². The quantitative estimate of drug-likeness (QED) is 0.668. The summed E-state index contributed by atoms with van der Waals surface area (Å²) in [6.45, 7) is 0.918. The molecule has 2 aromatic rings. The number of methoxy groups -OCH3 is 2. The first-order valence-electron chi connectivity index (χ1n) is 9.58. The lowest BCUT2D eigenvalue weighted by atomic mass is 10.1. The zero-order chi connectivity index (χ0) is 22.4. The van der Waals surface area contributed by atoms with E-state index in [9.17, 15) is 14.4 Å². The predicted octanol–water partition coefficient (Wildman–Crippen LogP) is 1.97. The van der Waals surface area contributed by atoms with E-state index in [1.165, 1.54) is 32.4 Å². The Morgan fingerprint density at radius 2 is 1.65 bits per heavy atom. The van der Waals surface area contributed by atoms with Gasteiger partial charge in [-0.05, 0) is 37.4 Å². The van der Waals surface area contributed by atoms with Crippen LogP contribution < -0.4 is 14.8 Å². The second kappa shape index (κ2) is 9.94. The molecule has 0 saturated carbocycles. The van der Waals surface area contributed by atoms with Crippen molar-refractivity contribution in [2.24, 2.45) is 0 Å². The third-order valence-corrected chi connectivity index (χ3v) is 4.56. The van der Waals surface area contributed by atoms with Crippen LogP contribution in [0.15, 0.2) is 42.5 Å². The molecule has 9 nitrogen and oxygen atoms in total. The Kier molecular flexibility index (Phi) is 7.09. The molecule has 1 amide bonds. The predicted molar refractivity (Wildman–Crippen MR) is 112 cm³/mol. The number of likely N-dealkylation sites (N-methyl/N-ethyl adjacent to an activating group) is 1. The van der Waals surface area contributed by atoms with Crippen LogP contribution in [0.25, 0.3) is 0 Å². The molecule has 1 aliphatic heterocycles. The summed E-state index contributed by atoms with van der Waals surface area (Å²) in [5.41, 5.74) is 0.536. The Balaban J connectivity index is 1.61. The molecule has 0 radical (unpaired) electrons. The third kappa shape index (κ3) is 5.73. The Bertz CT molecular complexity index is 942. The highest BCUT2D eigenvalue weighted by Crippen LogP contribution is 2.30. The largest absolute Gasteiger partial charge is 0.486 e. The second-order valence-corrected chi connectivity index (χ2v) is 7.02. The van der Waals surface area contributed by atoms with Crippen LogP contribution in [0.4, 0.5) is 5.69 Å². The van der Waals surface area contributed by atoms with E-state index in [1.807, 2.05) is 24.3 Å². The number of esters is 2. The van der Waals surface area contributed by atoms with Gasteiger partial charge in [-0.3, -0.25) is 9.69 Å². The lowest BCUT2D eigenvalue weighted by Crippen LogP contribution is -2.42. The van der Waals surface area contributed by atoms with Gasteiger partial charge in [-0.25, -0.2) is 9.59 Å². The van der Waals surface area contributed by atoms with Crippen LogP contribution in [0.1, 0.15) is 20.7 Å². The molecule has 1 aliphatic rings. The summed E-state index contributed by atoms with van der Waals surface area (Å²) >= 11 is 0. The highest BCUT2D eigenvalue weighted by Gasteiger charge is 2.23. The first kappa shape index (κ1) is 22.1. The van der Waals surface area contributed by atoms with Crippen molar-refractivity contribution in [3.05, 3.63) is 53.6 Å². The molecule has 0 aliphatic carbocycles. The molecule has 0 bridgehead atoms. The summed E-state index contributed by atoms with van der Waals surface area (Å²) in [7, 11) is 4.25. The van der Waals surface area contributed by atoms with E-state index in [0.29, 0.717) is 24.7 Å². The number of anilines is 1. The molecule has 1 unspecified atom stereocenters. The summed E-state index contributed by atoms with van der Waals surface area (Å²) in [5.74, 6) is -0.212. The molecule has 31 heavy (non-hydrogen) atoms. The van der Waals surface area contributed by atoms with Gasteiger partial charge in [0.15, 0.2) is 11.5 Å². The molecule has 9 heteroatoms. The van der Waals surface area contributed by atoms with Crippen molar-refractivity contribution >= 4 is 23.5 Å². The maximum Gasteiger partial charge on any atom is 0.337 e. The van der Waals surface area contributed by atoms with Gasteiger partial charge in [-0.1, -0.05) is 12.1 Å². The van der Waals surface area contributed by atoms with Crippen molar-refractivity contribution < 1.29 is 33.3 Å². The van der Waals surface area contributed by atoms with Crippen LogP contribution in [0, 0.1) is 0 Å². The van der Waals surface area contributed by atoms with Gasteiger partial charge in [0.25, 0.3) is 0 Å². The molecule has 164 valence electrons. The number of rotatable bonds is 7. The second-order valence-electron chi connectivity index (χ2n) is 7.02. The maximum atomic E-state index is 12.5. The van der Waals surface area contributed by atoms with E-state index in [4.69, 9.17) is 18.9 Å². The number of nitrogens with zero attached hydrogens (tertiary/aromatic N) is 1. The molecular weight excluding hydrogens is 404 g/mol. The van der Waals surface area contributed by atoms with Gasteiger partial charge < -0.3 is 24.3 Å². The van der Waals surface area contributed by atoms with Crippen LogP contribution in [-0.2, 0) is 14.3 Å². The number of ether oxygens (including phenoxy) is 4. The fourth-order valence-electron chi connectivity index (χ4n) is 3.18. The number of carbonyl (C=O) groups is 3. The highest BCUT2D eigenvalue weighted by atomic mass is 16.6. The molecule has 0 aromatic heterocycles. The van der Waals surface area contributed by atoms with E-state index in [0.717, 1.165) is 0 Å². The van der Waals surface area contributed by atoms with Crippen LogP contribution >= 0.6 is 0 Å². The van der Waals surface area contributed by atoms with Crippen molar-refractivity contribution in [1.29, 1.82) is 0 Å². The van der Waals surface area contributed by atoms with Gasteiger partial charge >= 0.3 is 11.9 Å². The van der Waals surface area contributed by atoms with Crippen molar-refractivity contribution in [2.75, 3.05) is 46.3 Å². The van der Waals surface area contributed by atoms with Gasteiger partial charge in [0.05, 0.1) is 31.9 Å². The number of hydrogen-bond donors (Lipinski definition) is 1. The van der Waals surface area contributed by atoms with Crippen molar-refractivity contribution in [3.8, 4) is 11.5 Å². The van der Waals surface area contributed by atoms with Gasteiger partial charge in [0, 0.05) is 12.2 Å². The Morgan fingerprint density at radius 1 is 1.03 bits per heavy atom. The summed E-state index contributed by atoms with van der Waals surface area (Å²) in [6.07, 6.45) is -0.221. The minimum Gasteiger partial charge on any atom is -0.486 e. The third-order valence-electron chi connectivity index (χ3n) is 4.56. The minimum absolute atomic E-state index is 0.0670. The zero-order valence-electron chi connectivity index (χ0n) is 17.5. The number of nitrogens with one attached hydrogen (secondary N) is 1. The van der Waals surface area contributed by atoms with Crippen LogP contribution in [0.5, 0.6) is 11.5 Å². The first-order valence-corrected chi connectivity index (χ1v) is 9.58. The molecular formula is C22H24N2O7. The van der Waals surface area contributed by atoms with E-state index >= 15 is 0 Å². The zero-order valence-corrected chi connectivity index (χ0v) is 17.5. The molecule has 3 rings (SSSR count). The van der Waals surface area contributed by atoms with Crippen LogP contribution in [0.3, 0.4) is 0 Å². The normalized spacial score (nSPS) is 14.6. The lowest BCUT2D eigenvalue weighted by Gasteiger charge is -2.29. The van der Waals surface area contributed by atoms with Crippen LogP contribution in [0.2, 0.25) is 0 Å². The molecule has 1 heterocycles. The summed E-state index contributed by atoms with van der Waals surface area (Å²) in [4.78, 5) is 38.1. The van der Waals surface area contributed by atoms with Gasteiger partial charge in [0.2, 0.25) is 5.91 Å². The number of carbonyl (C=O) groups excluding carboxylic acids is 3. The SMILES string of the molecule is COC(=O)c1cc(NC(=O)CN(C)CC2COc3ccccc3O2)cc(C(=O)OC)c1. The average molecular weight is 428 g/mol.